The standard InChI is InChI=1S/C18H26N2O4S.ClH/c1-24-16-6-4-3-5-14(16)15-12-19-9-10-20(15)17(21)11-18(7-8-18)13-25(2,22)23;/h3-6,15,19H,7-13H2,1-2H3;1H. The predicted octanol–water partition coefficient (Wildman–Crippen LogP) is 1.80. The Hall–Kier alpha value is -1.31. The van der Waals surface area contributed by atoms with Crippen molar-refractivity contribution in [1.29, 1.82) is 0 Å². The van der Waals surface area contributed by atoms with E-state index in [0.29, 0.717) is 19.5 Å². The fourth-order valence-corrected chi connectivity index (χ4v) is 5.25. The lowest BCUT2D eigenvalue weighted by atomic mass is 9.99. The second-order valence-electron chi connectivity index (χ2n) is 7.30. The summed E-state index contributed by atoms with van der Waals surface area (Å²) in [6.45, 7) is 2.04. The summed E-state index contributed by atoms with van der Waals surface area (Å²) in [6.07, 6.45) is 3.19. The number of sulfone groups is 1. The van der Waals surface area contributed by atoms with Gasteiger partial charge < -0.3 is 15.0 Å². The molecule has 1 aliphatic carbocycles. The number of nitrogens with one attached hydrogen (secondary N) is 1. The number of carbonyl (C=O) groups is 1. The van der Waals surface area contributed by atoms with Gasteiger partial charge >= 0.3 is 0 Å². The van der Waals surface area contributed by atoms with Gasteiger partial charge in [-0.05, 0) is 24.3 Å². The summed E-state index contributed by atoms with van der Waals surface area (Å²) in [4.78, 5) is 14.9. The molecule has 2 aliphatic rings. The molecule has 1 N–H and O–H groups in total. The Labute approximate surface area is 161 Å². The molecule has 1 saturated heterocycles. The van der Waals surface area contributed by atoms with E-state index < -0.39 is 9.84 Å². The molecular formula is C18H27ClN2O4S. The fourth-order valence-electron chi connectivity index (χ4n) is 3.75. The monoisotopic (exact) mass is 402 g/mol. The van der Waals surface area contributed by atoms with E-state index in [4.69, 9.17) is 4.74 Å². The van der Waals surface area contributed by atoms with Gasteiger partial charge in [0, 0.05) is 37.9 Å². The Morgan fingerprint density at radius 1 is 1.35 bits per heavy atom. The number of amides is 1. The van der Waals surface area contributed by atoms with Gasteiger partial charge in [0.1, 0.15) is 15.6 Å². The van der Waals surface area contributed by atoms with Gasteiger partial charge in [0.25, 0.3) is 0 Å². The second-order valence-corrected chi connectivity index (χ2v) is 9.44. The van der Waals surface area contributed by atoms with Gasteiger partial charge in [-0.2, -0.15) is 0 Å². The molecule has 0 aromatic heterocycles. The lowest BCUT2D eigenvalue weighted by Crippen LogP contribution is -2.49. The Morgan fingerprint density at radius 2 is 2.04 bits per heavy atom. The summed E-state index contributed by atoms with van der Waals surface area (Å²) in [5.41, 5.74) is 0.638. The SMILES string of the molecule is COc1ccccc1C1CNCCN1C(=O)CC1(CS(C)(=O)=O)CC1.Cl. The van der Waals surface area contributed by atoms with Crippen LogP contribution in [0.25, 0.3) is 0 Å². The van der Waals surface area contributed by atoms with E-state index in [9.17, 15) is 13.2 Å². The molecule has 1 amide bonds. The first kappa shape index (κ1) is 21.0. The van der Waals surface area contributed by atoms with Crippen LogP contribution in [0.15, 0.2) is 24.3 Å². The number of piperazine rings is 1. The van der Waals surface area contributed by atoms with Crippen molar-refractivity contribution < 1.29 is 17.9 Å². The van der Waals surface area contributed by atoms with Gasteiger partial charge in [0.05, 0.1) is 18.9 Å². The summed E-state index contributed by atoms with van der Waals surface area (Å²) in [6, 6.07) is 7.65. The summed E-state index contributed by atoms with van der Waals surface area (Å²) in [5, 5.41) is 3.34. The third-order valence-corrected chi connectivity index (χ3v) is 6.25. The molecule has 0 radical (unpaired) electrons. The average Bonchev–Trinajstić information content (AvgIpc) is 3.31. The quantitative estimate of drug-likeness (QED) is 0.785. The molecule has 146 valence electrons. The van der Waals surface area contributed by atoms with Gasteiger partial charge in [0.2, 0.25) is 5.91 Å². The van der Waals surface area contributed by atoms with Crippen LogP contribution >= 0.6 is 12.4 Å². The number of halogens is 1. The van der Waals surface area contributed by atoms with Crippen LogP contribution in [0, 0.1) is 5.41 Å². The maximum absolute atomic E-state index is 13.0. The number of carbonyl (C=O) groups excluding carboxylic acids is 1. The van der Waals surface area contributed by atoms with E-state index in [0.717, 1.165) is 30.7 Å². The number of hydrogen-bond acceptors (Lipinski definition) is 5. The zero-order chi connectivity index (χ0) is 18.1. The van der Waals surface area contributed by atoms with Gasteiger partial charge in [-0.3, -0.25) is 4.79 Å². The van der Waals surface area contributed by atoms with E-state index in [2.05, 4.69) is 5.32 Å². The number of para-hydroxylation sites is 1. The Morgan fingerprint density at radius 3 is 2.65 bits per heavy atom. The van der Waals surface area contributed by atoms with Crippen LogP contribution in [0.3, 0.4) is 0 Å². The number of methoxy groups -OCH3 is 1. The van der Waals surface area contributed by atoms with Gasteiger partial charge in [-0.25, -0.2) is 8.42 Å². The molecule has 1 aromatic carbocycles. The lowest BCUT2D eigenvalue weighted by molar-refractivity contribution is -0.135. The first-order chi connectivity index (χ1) is 11.8. The summed E-state index contributed by atoms with van der Waals surface area (Å²) in [7, 11) is -1.44. The molecule has 0 bridgehead atoms. The van der Waals surface area contributed by atoms with E-state index in [1.807, 2.05) is 29.2 Å². The highest BCUT2D eigenvalue weighted by Crippen LogP contribution is 2.50. The van der Waals surface area contributed by atoms with Crippen LogP contribution in [-0.2, 0) is 14.6 Å². The average molecular weight is 403 g/mol. The van der Waals surface area contributed by atoms with Crippen molar-refractivity contribution in [3.63, 3.8) is 0 Å². The zero-order valence-electron chi connectivity index (χ0n) is 15.2. The maximum Gasteiger partial charge on any atom is 0.223 e. The molecule has 1 atom stereocenters. The highest BCUT2D eigenvalue weighted by Gasteiger charge is 2.48. The molecule has 1 heterocycles. The van der Waals surface area contributed by atoms with Crippen molar-refractivity contribution in [2.75, 3.05) is 38.8 Å². The van der Waals surface area contributed by atoms with Crippen molar-refractivity contribution in [1.82, 2.24) is 10.2 Å². The van der Waals surface area contributed by atoms with Crippen LogP contribution < -0.4 is 10.1 Å². The summed E-state index contributed by atoms with van der Waals surface area (Å²) >= 11 is 0. The van der Waals surface area contributed by atoms with Crippen molar-refractivity contribution in [3.05, 3.63) is 29.8 Å². The third kappa shape index (κ3) is 4.90. The van der Waals surface area contributed by atoms with Crippen molar-refractivity contribution in [2.45, 2.75) is 25.3 Å². The third-order valence-electron chi connectivity index (χ3n) is 5.11. The van der Waals surface area contributed by atoms with Crippen LogP contribution in [0.2, 0.25) is 0 Å². The lowest BCUT2D eigenvalue weighted by Gasteiger charge is -2.38. The topological polar surface area (TPSA) is 75.7 Å². The van der Waals surface area contributed by atoms with E-state index in [-0.39, 0.29) is 35.5 Å². The number of rotatable bonds is 6. The zero-order valence-corrected chi connectivity index (χ0v) is 16.9. The van der Waals surface area contributed by atoms with E-state index in [1.54, 1.807) is 7.11 Å². The van der Waals surface area contributed by atoms with Crippen LogP contribution in [0.1, 0.15) is 30.9 Å². The molecule has 26 heavy (non-hydrogen) atoms. The predicted molar refractivity (Wildman–Crippen MR) is 104 cm³/mol. The second kappa shape index (κ2) is 8.15. The van der Waals surface area contributed by atoms with E-state index in [1.165, 1.54) is 6.26 Å². The normalized spacial score (nSPS) is 21.6. The molecular weight excluding hydrogens is 376 g/mol. The number of ether oxygens (including phenoxy) is 1. The molecule has 3 rings (SSSR count). The minimum Gasteiger partial charge on any atom is -0.496 e. The van der Waals surface area contributed by atoms with Crippen molar-refractivity contribution >= 4 is 28.2 Å². The van der Waals surface area contributed by atoms with Gasteiger partial charge in [-0.15, -0.1) is 12.4 Å². The van der Waals surface area contributed by atoms with E-state index >= 15 is 0 Å². The molecule has 1 saturated carbocycles. The molecule has 1 unspecified atom stereocenters. The van der Waals surface area contributed by atoms with Gasteiger partial charge in [-0.1, -0.05) is 18.2 Å². The Balaban J connectivity index is 0.00000243. The molecule has 1 aromatic rings. The van der Waals surface area contributed by atoms with Crippen LogP contribution in [-0.4, -0.2) is 58.0 Å². The number of benzene rings is 1. The smallest absolute Gasteiger partial charge is 0.223 e. The molecule has 8 heteroatoms. The highest BCUT2D eigenvalue weighted by atomic mass is 35.5. The Kier molecular flexibility index (Phi) is 6.58. The Bertz CT molecular complexity index is 749. The summed E-state index contributed by atoms with van der Waals surface area (Å²) in [5.74, 6) is 0.918. The molecule has 6 nitrogen and oxygen atoms in total. The van der Waals surface area contributed by atoms with Crippen LogP contribution in [0.4, 0.5) is 0 Å². The largest absolute Gasteiger partial charge is 0.496 e. The minimum atomic E-state index is -3.08. The van der Waals surface area contributed by atoms with Crippen molar-refractivity contribution in [3.8, 4) is 5.75 Å². The van der Waals surface area contributed by atoms with Crippen molar-refractivity contribution in [2.24, 2.45) is 5.41 Å². The number of hydrogen-bond donors (Lipinski definition) is 1. The highest BCUT2D eigenvalue weighted by molar-refractivity contribution is 7.90. The maximum atomic E-state index is 13.0. The first-order valence-electron chi connectivity index (χ1n) is 8.64. The molecule has 2 fully saturated rings. The fraction of sp³-hybridized carbons (Fsp3) is 0.611. The first-order valence-corrected chi connectivity index (χ1v) is 10.7. The van der Waals surface area contributed by atoms with Crippen LogP contribution in [0.5, 0.6) is 5.75 Å². The minimum absolute atomic E-state index is 0. The number of nitrogens with zero attached hydrogens (tertiary/aromatic N) is 1. The molecule has 0 spiro atoms. The summed E-state index contributed by atoms with van der Waals surface area (Å²) < 4.78 is 28.8. The van der Waals surface area contributed by atoms with Gasteiger partial charge in [0.15, 0.2) is 0 Å². The molecule has 1 aliphatic heterocycles.